The van der Waals surface area contributed by atoms with Crippen molar-refractivity contribution < 1.29 is 0 Å². The number of rotatable bonds is 10. The fourth-order valence-electron chi connectivity index (χ4n) is 3.55. The van der Waals surface area contributed by atoms with Crippen LogP contribution in [0.25, 0.3) is 0 Å². The van der Waals surface area contributed by atoms with Gasteiger partial charge in [0.2, 0.25) is 0 Å². The van der Waals surface area contributed by atoms with Gasteiger partial charge in [-0.25, -0.2) is 0 Å². The molecular formula is C16H34N2. The third kappa shape index (κ3) is 6.19. The zero-order valence-electron chi connectivity index (χ0n) is 12.6. The second kappa shape index (κ2) is 8.92. The third-order valence-corrected chi connectivity index (χ3v) is 4.31. The summed E-state index contributed by atoms with van der Waals surface area (Å²) in [5.74, 6) is 0.842. The Morgan fingerprint density at radius 2 is 1.72 bits per heavy atom. The lowest BCUT2D eigenvalue weighted by Gasteiger charge is -2.31. The van der Waals surface area contributed by atoms with Crippen LogP contribution < -0.4 is 11.1 Å². The Labute approximate surface area is 114 Å². The molecule has 0 unspecified atom stereocenters. The van der Waals surface area contributed by atoms with Crippen LogP contribution >= 0.6 is 0 Å². The maximum atomic E-state index is 5.50. The van der Waals surface area contributed by atoms with Crippen LogP contribution in [-0.2, 0) is 0 Å². The van der Waals surface area contributed by atoms with E-state index in [1.807, 2.05) is 0 Å². The van der Waals surface area contributed by atoms with Gasteiger partial charge in [-0.2, -0.15) is 0 Å². The number of nitrogens with two attached hydrogens (primary N) is 1. The summed E-state index contributed by atoms with van der Waals surface area (Å²) in [4.78, 5) is 0. The van der Waals surface area contributed by atoms with Crippen LogP contribution in [0.4, 0.5) is 0 Å². The van der Waals surface area contributed by atoms with Crippen LogP contribution in [0.5, 0.6) is 0 Å². The van der Waals surface area contributed by atoms with Gasteiger partial charge in [-0.3, -0.25) is 0 Å². The van der Waals surface area contributed by atoms with Gasteiger partial charge in [-0.15, -0.1) is 0 Å². The van der Waals surface area contributed by atoms with Crippen LogP contribution in [0.2, 0.25) is 0 Å². The topological polar surface area (TPSA) is 38.0 Å². The molecule has 0 spiro atoms. The van der Waals surface area contributed by atoms with Gasteiger partial charge in [0, 0.05) is 6.54 Å². The van der Waals surface area contributed by atoms with Crippen molar-refractivity contribution in [2.24, 2.45) is 17.1 Å². The average molecular weight is 254 g/mol. The standard InChI is InChI=1S/C16H34N2/c1-15(2)13-16(9-5-6-10-16)14-18-12-8-4-3-7-11-17/h15,18H,3-14,17H2,1-2H3. The lowest BCUT2D eigenvalue weighted by molar-refractivity contribution is 0.224. The molecule has 2 heteroatoms. The molecule has 0 aromatic rings. The first kappa shape index (κ1) is 16.0. The second-order valence-corrected chi connectivity index (χ2v) is 6.68. The van der Waals surface area contributed by atoms with Crippen molar-refractivity contribution in [3.63, 3.8) is 0 Å². The Morgan fingerprint density at radius 1 is 1.06 bits per heavy atom. The molecule has 2 nitrogen and oxygen atoms in total. The molecule has 0 saturated heterocycles. The Balaban J connectivity index is 2.11. The summed E-state index contributed by atoms with van der Waals surface area (Å²) < 4.78 is 0. The molecule has 108 valence electrons. The fourth-order valence-corrected chi connectivity index (χ4v) is 3.55. The van der Waals surface area contributed by atoms with Crippen LogP contribution in [0, 0.1) is 11.3 Å². The molecule has 1 saturated carbocycles. The SMILES string of the molecule is CC(C)CC1(CNCCCCCCN)CCCC1. The highest BCUT2D eigenvalue weighted by Crippen LogP contribution is 2.42. The number of unbranched alkanes of at least 4 members (excludes halogenated alkanes) is 3. The normalized spacial score (nSPS) is 18.7. The zero-order chi connectivity index (χ0) is 13.3. The monoisotopic (exact) mass is 254 g/mol. The lowest BCUT2D eigenvalue weighted by atomic mass is 9.78. The molecule has 1 aliphatic carbocycles. The highest BCUT2D eigenvalue weighted by Gasteiger charge is 2.33. The fraction of sp³-hybridized carbons (Fsp3) is 1.00. The van der Waals surface area contributed by atoms with Crippen LogP contribution in [-0.4, -0.2) is 19.6 Å². The van der Waals surface area contributed by atoms with E-state index in [4.69, 9.17) is 5.73 Å². The molecule has 0 aromatic heterocycles. The van der Waals surface area contributed by atoms with Gasteiger partial charge in [-0.1, -0.05) is 39.5 Å². The van der Waals surface area contributed by atoms with E-state index in [0.717, 1.165) is 12.5 Å². The summed E-state index contributed by atoms with van der Waals surface area (Å²) in [5, 5.41) is 3.72. The van der Waals surface area contributed by atoms with Crippen molar-refractivity contribution in [1.82, 2.24) is 5.32 Å². The summed E-state index contributed by atoms with van der Waals surface area (Å²) in [6, 6.07) is 0. The van der Waals surface area contributed by atoms with E-state index in [0.29, 0.717) is 5.41 Å². The summed E-state index contributed by atoms with van der Waals surface area (Å²) in [6.07, 6.45) is 12.4. The molecule has 1 rings (SSSR count). The van der Waals surface area contributed by atoms with Crippen molar-refractivity contribution in [1.29, 1.82) is 0 Å². The minimum Gasteiger partial charge on any atom is -0.330 e. The molecule has 0 atom stereocenters. The summed E-state index contributed by atoms with van der Waals surface area (Å²) >= 11 is 0. The first-order valence-electron chi connectivity index (χ1n) is 8.09. The van der Waals surface area contributed by atoms with Gasteiger partial charge in [-0.05, 0) is 56.5 Å². The maximum Gasteiger partial charge on any atom is 0.000790 e. The van der Waals surface area contributed by atoms with E-state index in [-0.39, 0.29) is 0 Å². The molecule has 0 radical (unpaired) electrons. The maximum absolute atomic E-state index is 5.50. The number of hydrogen-bond acceptors (Lipinski definition) is 2. The van der Waals surface area contributed by atoms with E-state index in [9.17, 15) is 0 Å². The molecule has 0 aromatic carbocycles. The van der Waals surface area contributed by atoms with E-state index in [2.05, 4.69) is 19.2 Å². The van der Waals surface area contributed by atoms with Crippen molar-refractivity contribution in [3.05, 3.63) is 0 Å². The molecule has 3 N–H and O–H groups in total. The predicted octanol–water partition coefficient (Wildman–Crippen LogP) is 3.70. The average Bonchev–Trinajstić information content (AvgIpc) is 2.76. The zero-order valence-corrected chi connectivity index (χ0v) is 12.6. The van der Waals surface area contributed by atoms with E-state index < -0.39 is 0 Å². The predicted molar refractivity (Wildman–Crippen MR) is 80.7 cm³/mol. The first-order valence-corrected chi connectivity index (χ1v) is 8.09. The highest BCUT2D eigenvalue weighted by molar-refractivity contribution is 4.87. The van der Waals surface area contributed by atoms with Crippen molar-refractivity contribution >= 4 is 0 Å². The highest BCUT2D eigenvalue weighted by atomic mass is 14.9. The Kier molecular flexibility index (Phi) is 7.92. The molecule has 1 aliphatic rings. The van der Waals surface area contributed by atoms with Gasteiger partial charge in [0.05, 0.1) is 0 Å². The van der Waals surface area contributed by atoms with Crippen LogP contribution in [0.1, 0.15) is 71.6 Å². The minimum atomic E-state index is 0.630. The van der Waals surface area contributed by atoms with Gasteiger partial charge in [0.1, 0.15) is 0 Å². The third-order valence-electron chi connectivity index (χ3n) is 4.31. The van der Waals surface area contributed by atoms with Crippen LogP contribution in [0.3, 0.4) is 0 Å². The second-order valence-electron chi connectivity index (χ2n) is 6.68. The Hall–Kier alpha value is -0.0800. The molecule has 0 aliphatic heterocycles. The van der Waals surface area contributed by atoms with E-state index in [1.165, 1.54) is 70.9 Å². The van der Waals surface area contributed by atoms with Crippen molar-refractivity contribution in [2.45, 2.75) is 71.6 Å². The Bertz CT molecular complexity index is 195. The van der Waals surface area contributed by atoms with Crippen molar-refractivity contribution in [3.8, 4) is 0 Å². The van der Waals surface area contributed by atoms with Crippen molar-refractivity contribution in [2.75, 3.05) is 19.6 Å². The van der Waals surface area contributed by atoms with Gasteiger partial charge < -0.3 is 11.1 Å². The number of nitrogens with one attached hydrogen (secondary N) is 1. The van der Waals surface area contributed by atoms with Gasteiger partial charge >= 0.3 is 0 Å². The summed E-state index contributed by atoms with van der Waals surface area (Å²) in [6.45, 7) is 8.04. The van der Waals surface area contributed by atoms with E-state index >= 15 is 0 Å². The molecule has 0 amide bonds. The number of hydrogen-bond donors (Lipinski definition) is 2. The van der Waals surface area contributed by atoms with Gasteiger partial charge in [0.25, 0.3) is 0 Å². The smallest absolute Gasteiger partial charge is 0.000790 e. The molecule has 1 fully saturated rings. The minimum absolute atomic E-state index is 0.630. The van der Waals surface area contributed by atoms with E-state index in [1.54, 1.807) is 0 Å². The Morgan fingerprint density at radius 3 is 2.33 bits per heavy atom. The first-order chi connectivity index (χ1) is 8.68. The molecule has 0 bridgehead atoms. The molecule has 0 heterocycles. The molecular weight excluding hydrogens is 220 g/mol. The quantitative estimate of drug-likeness (QED) is 0.583. The largest absolute Gasteiger partial charge is 0.330 e. The van der Waals surface area contributed by atoms with Crippen LogP contribution in [0.15, 0.2) is 0 Å². The molecule has 18 heavy (non-hydrogen) atoms. The van der Waals surface area contributed by atoms with Gasteiger partial charge in [0.15, 0.2) is 0 Å². The lowest BCUT2D eigenvalue weighted by Crippen LogP contribution is -2.33. The summed E-state index contributed by atoms with van der Waals surface area (Å²) in [7, 11) is 0. The summed E-state index contributed by atoms with van der Waals surface area (Å²) in [5.41, 5.74) is 6.13.